The summed E-state index contributed by atoms with van der Waals surface area (Å²) in [5.74, 6) is 0.841. The molecular weight excluding hydrogens is 527 g/mol. The van der Waals surface area contributed by atoms with Crippen LogP contribution >= 0.6 is 23.2 Å². The Morgan fingerprint density at radius 3 is 1.47 bits per heavy atom. The van der Waals surface area contributed by atoms with Gasteiger partial charge in [0.25, 0.3) is 5.78 Å². The number of carbonyl (C=O) groups is 1. The molecule has 0 bridgehead atoms. The number of carbonyl (C=O) groups excluding carboxylic acids is 1. The van der Waals surface area contributed by atoms with Crippen LogP contribution in [0.2, 0.25) is 10.0 Å². The predicted octanol–water partition coefficient (Wildman–Crippen LogP) is 7.16. The zero-order valence-corrected chi connectivity index (χ0v) is 23.8. The second-order valence-corrected chi connectivity index (χ2v) is 9.69. The van der Waals surface area contributed by atoms with E-state index < -0.39 is 5.78 Å². The van der Waals surface area contributed by atoms with E-state index in [0.29, 0.717) is 56.7 Å². The number of ketones is 1. The van der Waals surface area contributed by atoms with Gasteiger partial charge in [-0.2, -0.15) is 0 Å². The van der Waals surface area contributed by atoms with Crippen LogP contribution in [0.1, 0.15) is 44.0 Å². The Morgan fingerprint density at radius 2 is 1.11 bits per heavy atom. The highest BCUT2D eigenvalue weighted by Gasteiger charge is 2.23. The molecule has 2 aromatic carbocycles. The van der Waals surface area contributed by atoms with Crippen LogP contribution in [0.4, 0.5) is 0 Å². The van der Waals surface area contributed by atoms with Gasteiger partial charge in [-0.15, -0.1) is 0 Å². The van der Waals surface area contributed by atoms with Gasteiger partial charge in [0, 0.05) is 23.9 Å². The van der Waals surface area contributed by atoms with Crippen LogP contribution in [0.25, 0.3) is 21.9 Å². The Kier molecular flexibility index (Phi) is 9.60. The summed E-state index contributed by atoms with van der Waals surface area (Å²) in [6.45, 7) is 14.8. The summed E-state index contributed by atoms with van der Waals surface area (Å²) in [4.78, 5) is 17.9. The largest absolute Gasteiger partial charge is 0.488 e. The van der Waals surface area contributed by atoms with Crippen molar-refractivity contribution in [1.82, 2.24) is 9.80 Å². The van der Waals surface area contributed by atoms with E-state index in [-0.39, 0.29) is 11.5 Å². The Balaban J connectivity index is 1.58. The van der Waals surface area contributed by atoms with Crippen molar-refractivity contribution in [3.63, 3.8) is 0 Å². The summed E-state index contributed by atoms with van der Waals surface area (Å²) in [5, 5.41) is 2.14. The fourth-order valence-corrected chi connectivity index (χ4v) is 4.76. The molecule has 0 aliphatic heterocycles. The summed E-state index contributed by atoms with van der Waals surface area (Å²) in [6.07, 6.45) is 0. The van der Waals surface area contributed by atoms with Gasteiger partial charge in [0.05, 0.1) is 10.0 Å². The number of nitrogens with zero attached hydrogens (tertiary/aromatic N) is 2. The van der Waals surface area contributed by atoms with Crippen molar-refractivity contribution < 1.29 is 23.1 Å². The molecule has 9 heteroatoms. The van der Waals surface area contributed by atoms with E-state index in [1.54, 1.807) is 36.4 Å². The molecule has 2 heterocycles. The summed E-state index contributed by atoms with van der Waals surface area (Å²) in [5.41, 5.74) is 0.852. The number of ether oxygens (including phenoxy) is 2. The van der Waals surface area contributed by atoms with Gasteiger partial charge in [0.2, 0.25) is 0 Å². The minimum atomic E-state index is -0.423. The molecule has 0 saturated heterocycles. The van der Waals surface area contributed by atoms with E-state index in [1.807, 2.05) is 0 Å². The fourth-order valence-electron chi connectivity index (χ4n) is 4.35. The maximum atomic E-state index is 13.4. The highest BCUT2D eigenvalue weighted by molar-refractivity contribution is 6.36. The van der Waals surface area contributed by atoms with Crippen LogP contribution in [-0.4, -0.2) is 68.1 Å². The second-order valence-electron chi connectivity index (χ2n) is 8.88. The molecule has 0 aliphatic rings. The molecule has 0 aliphatic carbocycles. The molecule has 0 atom stereocenters. The van der Waals surface area contributed by atoms with Crippen molar-refractivity contribution in [2.75, 3.05) is 52.5 Å². The molecular formula is C29H34Cl2N2O5. The highest BCUT2D eigenvalue weighted by atomic mass is 35.5. The third kappa shape index (κ3) is 6.12. The molecule has 204 valence electrons. The second kappa shape index (κ2) is 12.9. The minimum absolute atomic E-state index is 0.0980. The zero-order valence-electron chi connectivity index (χ0n) is 22.3. The minimum Gasteiger partial charge on any atom is -0.488 e. The quantitative estimate of drug-likeness (QED) is 0.151. The van der Waals surface area contributed by atoms with Gasteiger partial charge >= 0.3 is 0 Å². The van der Waals surface area contributed by atoms with Gasteiger partial charge in [0.1, 0.15) is 13.2 Å². The first-order chi connectivity index (χ1) is 18.4. The van der Waals surface area contributed by atoms with Gasteiger partial charge < -0.3 is 28.1 Å². The highest BCUT2D eigenvalue weighted by Crippen LogP contribution is 2.37. The molecule has 0 unspecified atom stereocenters. The summed E-state index contributed by atoms with van der Waals surface area (Å²) in [6, 6.07) is 10.2. The van der Waals surface area contributed by atoms with Crippen molar-refractivity contribution in [2.45, 2.75) is 27.7 Å². The Morgan fingerprint density at radius 1 is 0.711 bits per heavy atom. The van der Waals surface area contributed by atoms with Crippen molar-refractivity contribution in [2.24, 2.45) is 0 Å². The Hall–Kier alpha value is -2.71. The van der Waals surface area contributed by atoms with E-state index in [4.69, 9.17) is 41.5 Å². The molecule has 0 saturated carbocycles. The Labute approximate surface area is 233 Å². The van der Waals surface area contributed by atoms with Crippen molar-refractivity contribution in [1.29, 1.82) is 0 Å². The monoisotopic (exact) mass is 560 g/mol. The van der Waals surface area contributed by atoms with E-state index in [9.17, 15) is 4.79 Å². The fraction of sp³-hybridized carbons (Fsp3) is 0.414. The number of halogens is 2. The number of furan rings is 2. The molecule has 4 aromatic rings. The standard InChI is InChI=1S/C29H34Cl2N2O5/c1-5-32(6-2)13-15-35-23-11-9-21(30)19-17-25(37-28(19)23)27(34)26-18-20-22(31)10-12-24(29(20)38-26)36-16-14-33(7-3)8-4/h9-12,17-18H,5-8,13-16H2,1-4H3. The van der Waals surface area contributed by atoms with Gasteiger partial charge in [-0.05, 0) is 62.6 Å². The van der Waals surface area contributed by atoms with Crippen molar-refractivity contribution in [3.05, 3.63) is 58.0 Å². The van der Waals surface area contributed by atoms with Crippen LogP contribution in [-0.2, 0) is 0 Å². The van der Waals surface area contributed by atoms with Crippen LogP contribution in [0.3, 0.4) is 0 Å². The van der Waals surface area contributed by atoms with E-state index >= 15 is 0 Å². The number of hydrogen-bond donors (Lipinski definition) is 0. The molecule has 4 rings (SSSR count). The lowest BCUT2D eigenvalue weighted by molar-refractivity contribution is 0.0987. The lowest BCUT2D eigenvalue weighted by Crippen LogP contribution is -2.27. The average molecular weight is 562 g/mol. The normalized spacial score (nSPS) is 11.8. The molecule has 0 N–H and O–H groups in total. The molecule has 38 heavy (non-hydrogen) atoms. The molecule has 0 radical (unpaired) electrons. The predicted molar refractivity (Wildman–Crippen MR) is 152 cm³/mol. The van der Waals surface area contributed by atoms with Gasteiger partial charge in [-0.25, -0.2) is 0 Å². The SMILES string of the molecule is CCN(CC)CCOc1ccc(Cl)c2cc(C(=O)c3cc4c(Cl)ccc(OCCN(CC)CC)c4o3)oc12. The van der Waals surface area contributed by atoms with Crippen LogP contribution in [0.15, 0.2) is 45.2 Å². The van der Waals surface area contributed by atoms with Crippen molar-refractivity contribution >= 4 is 50.9 Å². The molecule has 7 nitrogen and oxygen atoms in total. The number of fused-ring (bicyclic) bond motifs is 2. The molecule has 0 fully saturated rings. The van der Waals surface area contributed by atoms with Crippen LogP contribution in [0, 0.1) is 0 Å². The Bertz CT molecular complexity index is 1280. The van der Waals surface area contributed by atoms with Gasteiger partial charge in [-0.1, -0.05) is 50.9 Å². The van der Waals surface area contributed by atoms with E-state index in [1.165, 1.54) is 0 Å². The van der Waals surface area contributed by atoms with Crippen molar-refractivity contribution in [3.8, 4) is 11.5 Å². The number of likely N-dealkylation sites (N-methyl/N-ethyl adjacent to an activating group) is 2. The van der Waals surface area contributed by atoms with Crippen LogP contribution in [0.5, 0.6) is 11.5 Å². The van der Waals surface area contributed by atoms with E-state index in [0.717, 1.165) is 39.3 Å². The lowest BCUT2D eigenvalue weighted by atomic mass is 10.2. The first-order valence-electron chi connectivity index (χ1n) is 13.1. The summed E-state index contributed by atoms with van der Waals surface area (Å²) in [7, 11) is 0. The topological polar surface area (TPSA) is 68.3 Å². The summed E-state index contributed by atoms with van der Waals surface area (Å²) < 4.78 is 23.9. The first-order valence-corrected chi connectivity index (χ1v) is 13.8. The number of rotatable bonds is 14. The number of hydrogen-bond acceptors (Lipinski definition) is 7. The third-order valence-corrected chi connectivity index (χ3v) is 7.41. The third-order valence-electron chi connectivity index (χ3n) is 6.76. The maximum Gasteiger partial charge on any atom is 0.263 e. The molecule has 2 aromatic heterocycles. The smallest absolute Gasteiger partial charge is 0.263 e. The summed E-state index contributed by atoms with van der Waals surface area (Å²) >= 11 is 12.8. The lowest BCUT2D eigenvalue weighted by Gasteiger charge is -2.18. The van der Waals surface area contributed by atoms with Gasteiger partial charge in [0.15, 0.2) is 34.2 Å². The number of benzene rings is 2. The first kappa shape index (κ1) is 28.3. The van der Waals surface area contributed by atoms with Gasteiger partial charge in [-0.3, -0.25) is 4.79 Å². The molecule has 0 amide bonds. The maximum absolute atomic E-state index is 13.4. The average Bonchev–Trinajstić information content (AvgIpc) is 3.58. The van der Waals surface area contributed by atoms with Crippen LogP contribution < -0.4 is 9.47 Å². The molecule has 0 spiro atoms. The van der Waals surface area contributed by atoms with E-state index in [2.05, 4.69) is 37.5 Å². The zero-order chi connectivity index (χ0) is 27.2.